The van der Waals surface area contributed by atoms with E-state index in [0.717, 1.165) is 15.8 Å². The number of carbonyl (C=O) groups is 1. The maximum Gasteiger partial charge on any atom is 0.351 e. The topological polar surface area (TPSA) is 90.5 Å². The second-order valence-electron chi connectivity index (χ2n) is 7.59. The zero-order valence-corrected chi connectivity index (χ0v) is 16.1. The van der Waals surface area contributed by atoms with Gasteiger partial charge in [-0.25, -0.2) is 18.9 Å². The molecule has 0 unspecified atom stereocenters. The zero-order chi connectivity index (χ0) is 19.8. The van der Waals surface area contributed by atoms with Crippen molar-refractivity contribution in [2.75, 3.05) is 0 Å². The summed E-state index contributed by atoms with van der Waals surface area (Å²) in [5.41, 5.74) is 1.54. The monoisotopic (exact) mass is 369 g/mol. The molecule has 0 saturated heterocycles. The third kappa shape index (κ3) is 4.33. The van der Waals surface area contributed by atoms with Crippen LogP contribution in [0.4, 0.5) is 0 Å². The predicted molar refractivity (Wildman–Crippen MR) is 101 cm³/mol. The summed E-state index contributed by atoms with van der Waals surface area (Å²) in [5.74, 6) is 0.521. The van der Waals surface area contributed by atoms with E-state index in [4.69, 9.17) is 4.74 Å². The molecule has 0 radical (unpaired) electrons. The van der Waals surface area contributed by atoms with Crippen LogP contribution in [0.15, 0.2) is 35.4 Å². The third-order valence-electron chi connectivity index (χ3n) is 3.69. The number of nitrogens with zero attached hydrogens (tertiary/aromatic N) is 4. The molecule has 8 nitrogen and oxygen atoms in total. The van der Waals surface area contributed by atoms with Gasteiger partial charge in [0.25, 0.3) is 5.88 Å². The normalized spacial score (nSPS) is 11.6. The van der Waals surface area contributed by atoms with Crippen LogP contribution in [0.5, 0.6) is 11.6 Å². The van der Waals surface area contributed by atoms with Crippen LogP contribution >= 0.6 is 0 Å². The van der Waals surface area contributed by atoms with Gasteiger partial charge in [0.15, 0.2) is 0 Å². The van der Waals surface area contributed by atoms with E-state index in [0.29, 0.717) is 5.75 Å². The molecule has 3 rings (SSSR count). The highest BCUT2D eigenvalue weighted by Gasteiger charge is 2.18. The largest absolute Gasteiger partial charge is 0.436 e. The van der Waals surface area contributed by atoms with Gasteiger partial charge in [0.2, 0.25) is 11.6 Å². The zero-order valence-electron chi connectivity index (χ0n) is 16.1. The fourth-order valence-electron chi connectivity index (χ4n) is 2.80. The second kappa shape index (κ2) is 6.86. The Balaban J connectivity index is 1.94. The summed E-state index contributed by atoms with van der Waals surface area (Å²) < 4.78 is 8.28. The van der Waals surface area contributed by atoms with E-state index < -0.39 is 11.2 Å². The van der Waals surface area contributed by atoms with Crippen molar-refractivity contribution in [1.82, 2.24) is 24.5 Å². The average molecular weight is 369 g/mol. The summed E-state index contributed by atoms with van der Waals surface area (Å²) in [6.45, 7) is 9.38. The summed E-state index contributed by atoms with van der Waals surface area (Å²) in [6, 6.07) is 5.79. The summed E-state index contributed by atoms with van der Waals surface area (Å²) in [7, 11) is 0. The quantitative estimate of drug-likeness (QED) is 0.761. The fourth-order valence-corrected chi connectivity index (χ4v) is 2.80. The minimum absolute atomic E-state index is 0.180. The number of hydrogen-bond donors (Lipinski definition) is 1. The van der Waals surface area contributed by atoms with E-state index in [9.17, 15) is 9.59 Å². The number of amides is 1. The highest BCUT2D eigenvalue weighted by Crippen LogP contribution is 2.24. The molecule has 27 heavy (non-hydrogen) atoms. The van der Waals surface area contributed by atoms with Gasteiger partial charge in [0.1, 0.15) is 12.3 Å². The van der Waals surface area contributed by atoms with Crippen molar-refractivity contribution in [3.8, 4) is 11.6 Å². The summed E-state index contributed by atoms with van der Waals surface area (Å²) in [4.78, 5) is 28.9. The molecular weight excluding hydrogens is 346 g/mol. The van der Waals surface area contributed by atoms with Gasteiger partial charge in [-0.05, 0) is 57.9 Å². The van der Waals surface area contributed by atoms with Crippen molar-refractivity contribution in [3.63, 3.8) is 0 Å². The number of fused-ring (bicyclic) bond motifs is 1. The SMILES string of the molecule is Cc1cc(C)cc(Oc2nccn3c(=O)n(CC(=O)NC(C)(C)C)nc23)c1. The van der Waals surface area contributed by atoms with Crippen LogP contribution in [-0.4, -0.2) is 30.6 Å². The molecule has 0 fully saturated rings. The smallest absolute Gasteiger partial charge is 0.351 e. The molecule has 0 spiro atoms. The molecule has 0 aliphatic rings. The molecule has 3 aromatic rings. The molecule has 1 amide bonds. The summed E-state index contributed by atoms with van der Waals surface area (Å²) in [6.07, 6.45) is 2.96. The predicted octanol–water partition coefficient (Wildman–Crippen LogP) is 2.21. The lowest BCUT2D eigenvalue weighted by Gasteiger charge is -2.20. The molecule has 0 aliphatic carbocycles. The van der Waals surface area contributed by atoms with Crippen LogP contribution in [0, 0.1) is 13.8 Å². The number of benzene rings is 1. The Kier molecular flexibility index (Phi) is 4.73. The van der Waals surface area contributed by atoms with E-state index in [1.54, 1.807) is 0 Å². The van der Waals surface area contributed by atoms with Crippen molar-refractivity contribution in [3.05, 3.63) is 52.2 Å². The minimum atomic E-state index is -0.429. The van der Waals surface area contributed by atoms with Crippen LogP contribution in [-0.2, 0) is 11.3 Å². The number of hydrogen-bond acceptors (Lipinski definition) is 5. The van der Waals surface area contributed by atoms with E-state index in [2.05, 4.69) is 15.4 Å². The number of ether oxygens (including phenoxy) is 1. The van der Waals surface area contributed by atoms with Crippen LogP contribution in [0.3, 0.4) is 0 Å². The lowest BCUT2D eigenvalue weighted by atomic mass is 10.1. The first-order chi connectivity index (χ1) is 12.6. The van der Waals surface area contributed by atoms with E-state index in [1.807, 2.05) is 52.8 Å². The molecule has 8 heteroatoms. The molecule has 1 N–H and O–H groups in total. The Bertz CT molecular complexity index is 1040. The Hall–Kier alpha value is -3.16. The van der Waals surface area contributed by atoms with Gasteiger partial charge in [-0.1, -0.05) is 6.07 Å². The van der Waals surface area contributed by atoms with E-state index in [-0.39, 0.29) is 24.0 Å². The maximum absolute atomic E-state index is 12.5. The van der Waals surface area contributed by atoms with Gasteiger partial charge < -0.3 is 10.1 Å². The van der Waals surface area contributed by atoms with E-state index >= 15 is 0 Å². The molecule has 2 heterocycles. The Morgan fingerprint density at radius 3 is 2.48 bits per heavy atom. The number of carbonyl (C=O) groups excluding carboxylic acids is 1. The van der Waals surface area contributed by atoms with Crippen LogP contribution in [0.2, 0.25) is 0 Å². The molecule has 142 valence electrons. The molecule has 2 aromatic heterocycles. The first kappa shape index (κ1) is 18.6. The molecule has 1 aromatic carbocycles. The molecule has 0 atom stereocenters. The lowest BCUT2D eigenvalue weighted by Crippen LogP contribution is -2.43. The molecular formula is C19H23N5O3. The van der Waals surface area contributed by atoms with Crippen LogP contribution in [0.1, 0.15) is 31.9 Å². The second-order valence-corrected chi connectivity index (χ2v) is 7.59. The van der Waals surface area contributed by atoms with E-state index in [1.165, 1.54) is 16.8 Å². The standard InChI is InChI=1S/C19H23N5O3/c1-12-8-13(2)10-14(9-12)27-17-16-22-24(11-15(25)21-19(3,4)5)18(26)23(16)7-6-20-17/h6-10H,11H2,1-5H3,(H,21,25). The fraction of sp³-hybridized carbons (Fsp3) is 0.368. The minimum Gasteiger partial charge on any atom is -0.436 e. The number of rotatable bonds is 4. The molecule has 0 bridgehead atoms. The number of aryl methyl sites for hydroxylation is 2. The van der Waals surface area contributed by atoms with Crippen molar-refractivity contribution in [1.29, 1.82) is 0 Å². The van der Waals surface area contributed by atoms with Crippen LogP contribution in [0.25, 0.3) is 5.65 Å². The van der Waals surface area contributed by atoms with Crippen LogP contribution < -0.4 is 15.7 Å². The van der Waals surface area contributed by atoms with Gasteiger partial charge in [-0.15, -0.1) is 5.10 Å². The average Bonchev–Trinajstić information content (AvgIpc) is 2.82. The third-order valence-corrected chi connectivity index (χ3v) is 3.69. The highest BCUT2D eigenvalue weighted by atomic mass is 16.5. The van der Waals surface area contributed by atoms with Crippen molar-refractivity contribution in [2.24, 2.45) is 0 Å². The number of aromatic nitrogens is 4. The van der Waals surface area contributed by atoms with Gasteiger partial charge >= 0.3 is 5.69 Å². The van der Waals surface area contributed by atoms with Gasteiger partial charge in [0.05, 0.1) is 0 Å². The Labute approximate surface area is 156 Å². The van der Waals surface area contributed by atoms with Crippen molar-refractivity contribution < 1.29 is 9.53 Å². The summed E-state index contributed by atoms with van der Waals surface area (Å²) in [5, 5.41) is 7.05. The summed E-state index contributed by atoms with van der Waals surface area (Å²) >= 11 is 0. The first-order valence-corrected chi connectivity index (χ1v) is 8.64. The van der Waals surface area contributed by atoms with Crippen molar-refractivity contribution >= 4 is 11.6 Å². The maximum atomic E-state index is 12.5. The van der Waals surface area contributed by atoms with Gasteiger partial charge in [0, 0.05) is 17.9 Å². The Morgan fingerprint density at radius 2 is 1.85 bits per heavy atom. The molecule has 0 saturated carbocycles. The Morgan fingerprint density at radius 1 is 1.19 bits per heavy atom. The van der Waals surface area contributed by atoms with Gasteiger partial charge in [-0.3, -0.25) is 4.79 Å². The highest BCUT2D eigenvalue weighted by molar-refractivity contribution is 5.76. The van der Waals surface area contributed by atoms with Gasteiger partial charge in [-0.2, -0.15) is 0 Å². The number of nitrogens with one attached hydrogen (secondary N) is 1. The first-order valence-electron chi connectivity index (χ1n) is 8.64. The lowest BCUT2D eigenvalue weighted by molar-refractivity contribution is -0.123. The molecule has 0 aliphatic heterocycles. The van der Waals surface area contributed by atoms with Crippen molar-refractivity contribution in [2.45, 2.75) is 46.7 Å².